The first-order valence-corrected chi connectivity index (χ1v) is 8.04. The molecule has 0 saturated heterocycles. The van der Waals surface area contributed by atoms with Gasteiger partial charge in [-0.05, 0) is 18.8 Å². The van der Waals surface area contributed by atoms with Crippen LogP contribution in [0.5, 0.6) is 0 Å². The van der Waals surface area contributed by atoms with E-state index in [1.54, 1.807) is 4.31 Å². The van der Waals surface area contributed by atoms with Gasteiger partial charge in [-0.3, -0.25) is 4.68 Å². The first kappa shape index (κ1) is 14.5. The van der Waals surface area contributed by atoms with Crippen molar-refractivity contribution in [2.24, 2.45) is 5.92 Å². The van der Waals surface area contributed by atoms with Crippen LogP contribution in [0.1, 0.15) is 26.7 Å². The number of aliphatic hydroxyl groups excluding tert-OH is 1. The Labute approximate surface area is 114 Å². The van der Waals surface area contributed by atoms with Crippen LogP contribution >= 0.6 is 0 Å². The third-order valence-electron chi connectivity index (χ3n) is 3.04. The summed E-state index contributed by atoms with van der Waals surface area (Å²) in [4.78, 5) is 0.216. The molecule has 0 radical (unpaired) electrons. The van der Waals surface area contributed by atoms with Gasteiger partial charge in [-0.25, -0.2) is 8.42 Å². The summed E-state index contributed by atoms with van der Waals surface area (Å²) in [7, 11) is -3.46. The van der Waals surface area contributed by atoms with Gasteiger partial charge in [0.05, 0.1) is 19.3 Å². The fourth-order valence-corrected chi connectivity index (χ4v) is 3.81. The highest BCUT2D eigenvalue weighted by Crippen LogP contribution is 2.32. The average Bonchev–Trinajstić information content (AvgIpc) is 3.05. The van der Waals surface area contributed by atoms with E-state index in [2.05, 4.69) is 5.10 Å². The number of aliphatic hydroxyl groups is 1. The zero-order chi connectivity index (χ0) is 14.0. The van der Waals surface area contributed by atoms with Crippen LogP contribution in [0.2, 0.25) is 0 Å². The number of hydrogen-bond donors (Lipinski definition) is 1. The monoisotopic (exact) mass is 287 g/mol. The van der Waals surface area contributed by atoms with E-state index in [1.165, 1.54) is 17.1 Å². The van der Waals surface area contributed by atoms with Crippen molar-refractivity contribution in [3.05, 3.63) is 12.4 Å². The highest BCUT2D eigenvalue weighted by atomic mass is 32.2. The van der Waals surface area contributed by atoms with Gasteiger partial charge in [-0.1, -0.05) is 13.8 Å². The van der Waals surface area contributed by atoms with E-state index in [1.807, 2.05) is 13.8 Å². The third kappa shape index (κ3) is 3.34. The van der Waals surface area contributed by atoms with Gasteiger partial charge in [0.1, 0.15) is 4.90 Å². The Kier molecular flexibility index (Phi) is 4.27. The standard InChI is InChI=1S/C12H21N3O3S/c1-10(2)8-15(11-3-4-11)19(17,18)12-7-13-14(9-12)5-6-16/h7,9-11,16H,3-6,8H2,1-2H3. The molecule has 19 heavy (non-hydrogen) atoms. The molecule has 0 unspecified atom stereocenters. The number of sulfonamides is 1. The molecule has 1 saturated carbocycles. The Bertz CT molecular complexity index is 520. The zero-order valence-corrected chi connectivity index (χ0v) is 12.2. The Balaban J connectivity index is 2.22. The maximum absolute atomic E-state index is 12.6. The van der Waals surface area contributed by atoms with E-state index in [0.29, 0.717) is 19.0 Å². The van der Waals surface area contributed by atoms with Gasteiger partial charge in [-0.2, -0.15) is 9.40 Å². The van der Waals surface area contributed by atoms with E-state index >= 15 is 0 Å². The molecule has 7 heteroatoms. The van der Waals surface area contributed by atoms with Crippen LogP contribution in [-0.4, -0.2) is 46.8 Å². The maximum atomic E-state index is 12.6. The predicted octanol–water partition coefficient (Wildman–Crippen LogP) is 0.684. The number of hydrogen-bond acceptors (Lipinski definition) is 4. The average molecular weight is 287 g/mol. The fourth-order valence-electron chi connectivity index (χ4n) is 2.00. The van der Waals surface area contributed by atoms with Crippen LogP contribution in [0.25, 0.3) is 0 Å². The van der Waals surface area contributed by atoms with E-state index in [0.717, 1.165) is 12.8 Å². The Morgan fingerprint density at radius 1 is 1.53 bits per heavy atom. The summed E-state index contributed by atoms with van der Waals surface area (Å²) in [5.41, 5.74) is 0. The molecule has 2 rings (SSSR count). The minimum absolute atomic E-state index is 0.0561. The lowest BCUT2D eigenvalue weighted by atomic mass is 10.2. The molecule has 108 valence electrons. The summed E-state index contributed by atoms with van der Waals surface area (Å²) in [5, 5.41) is 12.8. The summed E-state index contributed by atoms with van der Waals surface area (Å²) < 4.78 is 28.2. The molecule has 0 aromatic carbocycles. The maximum Gasteiger partial charge on any atom is 0.246 e. The molecular formula is C12H21N3O3S. The van der Waals surface area contributed by atoms with Gasteiger partial charge in [0.2, 0.25) is 10.0 Å². The molecule has 1 aromatic rings. The molecule has 0 aliphatic heterocycles. The largest absolute Gasteiger partial charge is 0.394 e. The second-order valence-electron chi connectivity index (χ2n) is 5.36. The first-order chi connectivity index (χ1) is 8.95. The SMILES string of the molecule is CC(C)CN(C1CC1)S(=O)(=O)c1cnn(CCO)c1. The Morgan fingerprint density at radius 2 is 2.21 bits per heavy atom. The summed E-state index contributed by atoms with van der Waals surface area (Å²) in [6, 6.07) is 0.147. The Morgan fingerprint density at radius 3 is 2.74 bits per heavy atom. The van der Waals surface area contributed by atoms with Crippen LogP contribution in [0.15, 0.2) is 17.3 Å². The molecule has 1 aliphatic carbocycles. The lowest BCUT2D eigenvalue weighted by molar-refractivity contribution is 0.269. The molecule has 1 heterocycles. The molecule has 0 atom stereocenters. The van der Waals surface area contributed by atoms with Gasteiger partial charge < -0.3 is 5.11 Å². The van der Waals surface area contributed by atoms with Crippen molar-refractivity contribution in [2.75, 3.05) is 13.2 Å². The quantitative estimate of drug-likeness (QED) is 0.800. The van der Waals surface area contributed by atoms with E-state index in [4.69, 9.17) is 5.11 Å². The Hall–Kier alpha value is -0.920. The van der Waals surface area contributed by atoms with E-state index < -0.39 is 10.0 Å². The van der Waals surface area contributed by atoms with Crippen molar-refractivity contribution in [3.63, 3.8) is 0 Å². The number of nitrogens with zero attached hydrogens (tertiary/aromatic N) is 3. The van der Waals surface area contributed by atoms with Gasteiger partial charge in [0.25, 0.3) is 0 Å². The second-order valence-corrected chi connectivity index (χ2v) is 7.25. The molecule has 1 aromatic heterocycles. The highest BCUT2D eigenvalue weighted by Gasteiger charge is 2.38. The van der Waals surface area contributed by atoms with Crippen LogP contribution in [0.4, 0.5) is 0 Å². The minimum Gasteiger partial charge on any atom is -0.394 e. The van der Waals surface area contributed by atoms with Crippen molar-refractivity contribution in [3.8, 4) is 0 Å². The lowest BCUT2D eigenvalue weighted by Crippen LogP contribution is -2.36. The summed E-state index contributed by atoms with van der Waals surface area (Å²) in [6.45, 7) is 4.82. The van der Waals surface area contributed by atoms with Crippen molar-refractivity contribution >= 4 is 10.0 Å². The number of aromatic nitrogens is 2. The molecule has 0 amide bonds. The summed E-state index contributed by atoms with van der Waals surface area (Å²) in [5.74, 6) is 0.294. The van der Waals surface area contributed by atoms with Crippen LogP contribution < -0.4 is 0 Å². The summed E-state index contributed by atoms with van der Waals surface area (Å²) in [6.07, 6.45) is 4.73. The smallest absolute Gasteiger partial charge is 0.246 e. The molecule has 1 N–H and O–H groups in total. The van der Waals surface area contributed by atoms with E-state index in [-0.39, 0.29) is 17.5 Å². The first-order valence-electron chi connectivity index (χ1n) is 6.60. The highest BCUT2D eigenvalue weighted by molar-refractivity contribution is 7.89. The van der Waals surface area contributed by atoms with Crippen LogP contribution in [-0.2, 0) is 16.6 Å². The van der Waals surface area contributed by atoms with Gasteiger partial charge in [-0.15, -0.1) is 0 Å². The molecule has 6 nitrogen and oxygen atoms in total. The predicted molar refractivity (Wildman–Crippen MR) is 71.1 cm³/mol. The topological polar surface area (TPSA) is 75.4 Å². The number of rotatable bonds is 7. The van der Waals surface area contributed by atoms with Crippen molar-refractivity contribution < 1.29 is 13.5 Å². The van der Waals surface area contributed by atoms with Gasteiger partial charge >= 0.3 is 0 Å². The molecule has 1 aliphatic rings. The molecule has 0 spiro atoms. The minimum atomic E-state index is -3.46. The normalized spacial score (nSPS) is 16.5. The fraction of sp³-hybridized carbons (Fsp3) is 0.750. The van der Waals surface area contributed by atoms with Crippen LogP contribution in [0.3, 0.4) is 0 Å². The van der Waals surface area contributed by atoms with Gasteiger partial charge in [0.15, 0.2) is 0 Å². The van der Waals surface area contributed by atoms with Crippen molar-refractivity contribution in [1.29, 1.82) is 0 Å². The summed E-state index contributed by atoms with van der Waals surface area (Å²) >= 11 is 0. The molecular weight excluding hydrogens is 266 g/mol. The second kappa shape index (κ2) is 5.60. The van der Waals surface area contributed by atoms with Crippen molar-refractivity contribution in [2.45, 2.75) is 44.2 Å². The third-order valence-corrected chi connectivity index (χ3v) is 4.92. The van der Waals surface area contributed by atoms with E-state index in [9.17, 15) is 8.42 Å². The van der Waals surface area contributed by atoms with Crippen molar-refractivity contribution in [1.82, 2.24) is 14.1 Å². The zero-order valence-electron chi connectivity index (χ0n) is 11.4. The lowest BCUT2D eigenvalue weighted by Gasteiger charge is -2.22. The molecule has 1 fully saturated rings. The van der Waals surface area contributed by atoms with Crippen LogP contribution in [0, 0.1) is 5.92 Å². The van der Waals surface area contributed by atoms with Gasteiger partial charge in [0, 0.05) is 18.8 Å². The molecule has 0 bridgehead atoms.